The Balaban J connectivity index is 3.90. The van der Waals surface area contributed by atoms with Gasteiger partial charge in [-0.25, -0.2) is 0 Å². The van der Waals surface area contributed by atoms with Crippen LogP contribution >= 0.6 is 15.9 Å². The van der Waals surface area contributed by atoms with E-state index in [4.69, 9.17) is 0 Å². The lowest BCUT2D eigenvalue weighted by Crippen LogP contribution is -1.75. The lowest BCUT2D eigenvalue weighted by atomic mass is 10.4. The molecule has 0 rings (SSSR count). The molecule has 0 aromatic rings. The monoisotopic (exact) mass is 189 g/mol. The van der Waals surface area contributed by atoms with E-state index in [1.165, 1.54) is 0 Å². The number of nitrogens with zero attached hydrogens (tertiary/aromatic N) is 1. The average molecular weight is 190 g/mol. The summed E-state index contributed by atoms with van der Waals surface area (Å²) >= 11 is 3.25. The average Bonchev–Trinajstić information content (AvgIpc) is 1.63. The zero-order valence-corrected chi connectivity index (χ0v) is 7.70. The summed E-state index contributed by atoms with van der Waals surface area (Å²) in [5.74, 6) is 0. The molecule has 0 saturated carbocycles. The first kappa shape index (κ1) is 8.89. The second-order valence-electron chi connectivity index (χ2n) is 1.86. The van der Waals surface area contributed by atoms with Crippen LogP contribution in [0.15, 0.2) is 16.8 Å². The maximum atomic E-state index is 4.16. The molecule has 52 valence electrons. The van der Waals surface area contributed by atoms with E-state index in [2.05, 4.69) is 33.9 Å². The van der Waals surface area contributed by atoms with Crippen LogP contribution in [0, 0.1) is 0 Å². The van der Waals surface area contributed by atoms with Gasteiger partial charge in [0.25, 0.3) is 0 Å². The maximum Gasteiger partial charge on any atom is 0.0801 e. The van der Waals surface area contributed by atoms with Crippen LogP contribution in [-0.4, -0.2) is 4.62 Å². The highest BCUT2D eigenvalue weighted by atomic mass is 79.9. The molecule has 0 N–H and O–H groups in total. The molecule has 0 aromatic carbocycles. The van der Waals surface area contributed by atoms with E-state index in [0.717, 1.165) is 16.7 Å². The highest BCUT2D eigenvalue weighted by Crippen LogP contribution is 1.99. The summed E-state index contributed by atoms with van der Waals surface area (Å²) in [6, 6.07) is 0. The van der Waals surface area contributed by atoms with Gasteiger partial charge in [-0.2, -0.15) is 0 Å². The molecule has 0 aromatic heterocycles. The minimum Gasteiger partial charge on any atom is -0.251 e. The summed E-state index contributed by atoms with van der Waals surface area (Å²) in [7, 11) is 0. The van der Waals surface area contributed by atoms with Crippen molar-refractivity contribution in [3.05, 3.63) is 11.8 Å². The molecule has 0 spiro atoms. The third-order valence-corrected chi connectivity index (χ3v) is 1.01. The summed E-state index contributed by atoms with van der Waals surface area (Å²) < 4.78 is 0.935. The zero-order chi connectivity index (χ0) is 7.28. The number of allylic oxidation sites excluding steroid dienone is 2. The topological polar surface area (TPSA) is 12.4 Å². The standard InChI is InChI=1S/C7H12BrN/c1-4-5-6(2)9-7(3)8/h5H,4H2,1-3H3/b6-5-,9-7?. The SMILES string of the molecule is CC/C=C(/C)N=C(C)Br. The number of hydrogen-bond acceptors (Lipinski definition) is 1. The minimum atomic E-state index is 0.935. The molecule has 0 heterocycles. The summed E-state index contributed by atoms with van der Waals surface area (Å²) in [4.78, 5) is 4.16. The van der Waals surface area contributed by atoms with E-state index in [0.29, 0.717) is 0 Å². The Hall–Kier alpha value is -0.110. The molecule has 9 heavy (non-hydrogen) atoms. The Morgan fingerprint density at radius 3 is 2.44 bits per heavy atom. The molecule has 2 heteroatoms. The van der Waals surface area contributed by atoms with Gasteiger partial charge in [0.05, 0.1) is 4.62 Å². The largest absolute Gasteiger partial charge is 0.251 e. The first-order chi connectivity index (χ1) is 4.16. The smallest absolute Gasteiger partial charge is 0.0801 e. The molecular formula is C7H12BrN. The molecule has 0 radical (unpaired) electrons. The van der Waals surface area contributed by atoms with E-state index in [1.54, 1.807) is 0 Å². The van der Waals surface area contributed by atoms with E-state index >= 15 is 0 Å². The van der Waals surface area contributed by atoms with Crippen LogP contribution in [0.4, 0.5) is 0 Å². The predicted octanol–water partition coefficient (Wildman–Crippen LogP) is 3.11. The fraction of sp³-hybridized carbons (Fsp3) is 0.571. The number of halogens is 1. The summed E-state index contributed by atoms with van der Waals surface area (Å²) in [5.41, 5.74) is 1.08. The van der Waals surface area contributed by atoms with Gasteiger partial charge in [-0.1, -0.05) is 13.0 Å². The van der Waals surface area contributed by atoms with Crippen LogP contribution in [0.2, 0.25) is 0 Å². The quantitative estimate of drug-likeness (QED) is 0.593. The lowest BCUT2D eigenvalue weighted by Gasteiger charge is -1.89. The van der Waals surface area contributed by atoms with Crippen LogP contribution in [0.1, 0.15) is 27.2 Å². The fourth-order valence-corrected chi connectivity index (χ4v) is 0.864. The van der Waals surface area contributed by atoms with Gasteiger partial charge in [0.2, 0.25) is 0 Å². The summed E-state index contributed by atoms with van der Waals surface area (Å²) in [5, 5.41) is 0. The van der Waals surface area contributed by atoms with Crippen LogP contribution in [-0.2, 0) is 0 Å². The van der Waals surface area contributed by atoms with Crippen LogP contribution in [0.25, 0.3) is 0 Å². The van der Waals surface area contributed by atoms with Crippen molar-refractivity contribution in [2.75, 3.05) is 0 Å². The van der Waals surface area contributed by atoms with Crippen LogP contribution in [0.3, 0.4) is 0 Å². The Bertz CT molecular complexity index is 132. The van der Waals surface area contributed by atoms with Gasteiger partial charge in [0.15, 0.2) is 0 Å². The Morgan fingerprint density at radius 2 is 2.11 bits per heavy atom. The van der Waals surface area contributed by atoms with Crippen molar-refractivity contribution in [2.45, 2.75) is 27.2 Å². The summed E-state index contributed by atoms with van der Waals surface area (Å²) in [6.07, 6.45) is 3.14. The molecular weight excluding hydrogens is 178 g/mol. The number of rotatable bonds is 2. The highest BCUT2D eigenvalue weighted by molar-refractivity contribution is 9.18. The third-order valence-electron chi connectivity index (χ3n) is 0.830. The molecule has 0 aliphatic heterocycles. The minimum absolute atomic E-state index is 0.935. The predicted molar refractivity (Wildman–Crippen MR) is 46.1 cm³/mol. The first-order valence-corrected chi connectivity index (χ1v) is 3.83. The second-order valence-corrected chi connectivity index (χ2v) is 3.01. The molecule has 0 amide bonds. The van der Waals surface area contributed by atoms with E-state index in [-0.39, 0.29) is 0 Å². The zero-order valence-electron chi connectivity index (χ0n) is 6.11. The van der Waals surface area contributed by atoms with Gasteiger partial charge in [0, 0.05) is 5.70 Å². The first-order valence-electron chi connectivity index (χ1n) is 3.04. The van der Waals surface area contributed by atoms with Crippen molar-refractivity contribution in [1.29, 1.82) is 0 Å². The van der Waals surface area contributed by atoms with Gasteiger partial charge in [-0.05, 0) is 36.2 Å². The van der Waals surface area contributed by atoms with Crippen LogP contribution < -0.4 is 0 Å². The second kappa shape index (κ2) is 4.74. The molecule has 0 aliphatic rings. The van der Waals surface area contributed by atoms with Crippen molar-refractivity contribution >= 4 is 20.6 Å². The van der Waals surface area contributed by atoms with E-state index < -0.39 is 0 Å². The van der Waals surface area contributed by atoms with Gasteiger partial charge >= 0.3 is 0 Å². The van der Waals surface area contributed by atoms with Gasteiger partial charge in [0.1, 0.15) is 0 Å². The van der Waals surface area contributed by atoms with Crippen molar-refractivity contribution in [3.63, 3.8) is 0 Å². The van der Waals surface area contributed by atoms with Crippen molar-refractivity contribution in [2.24, 2.45) is 4.99 Å². The van der Waals surface area contributed by atoms with Crippen molar-refractivity contribution < 1.29 is 0 Å². The Morgan fingerprint density at radius 1 is 1.56 bits per heavy atom. The normalized spacial score (nSPS) is 14.2. The molecule has 0 unspecified atom stereocenters. The fourth-order valence-electron chi connectivity index (χ4n) is 0.584. The highest BCUT2D eigenvalue weighted by Gasteiger charge is 1.82. The Labute approximate surface area is 65.0 Å². The summed E-state index contributed by atoms with van der Waals surface area (Å²) in [6.45, 7) is 6.02. The number of hydrogen-bond donors (Lipinski definition) is 0. The number of aliphatic imine (C=N–C) groups is 1. The maximum absolute atomic E-state index is 4.16. The molecule has 1 nitrogen and oxygen atoms in total. The molecule has 0 aliphatic carbocycles. The van der Waals surface area contributed by atoms with Crippen LogP contribution in [0.5, 0.6) is 0 Å². The van der Waals surface area contributed by atoms with E-state index in [9.17, 15) is 0 Å². The molecule has 0 bridgehead atoms. The molecule has 0 saturated heterocycles. The third kappa shape index (κ3) is 5.77. The van der Waals surface area contributed by atoms with E-state index in [1.807, 2.05) is 13.8 Å². The van der Waals surface area contributed by atoms with Gasteiger partial charge in [-0.15, -0.1) is 0 Å². The lowest BCUT2D eigenvalue weighted by molar-refractivity contribution is 1.16. The molecule has 0 fully saturated rings. The van der Waals surface area contributed by atoms with Crippen molar-refractivity contribution in [3.8, 4) is 0 Å². The Kier molecular flexibility index (Phi) is 4.68. The van der Waals surface area contributed by atoms with Crippen molar-refractivity contribution in [1.82, 2.24) is 0 Å². The molecule has 0 atom stereocenters. The van der Waals surface area contributed by atoms with Gasteiger partial charge in [-0.3, -0.25) is 4.99 Å². The van der Waals surface area contributed by atoms with Gasteiger partial charge < -0.3 is 0 Å².